The topological polar surface area (TPSA) is 75.4 Å². The smallest absolute Gasteiger partial charge is 0.254 e. The average Bonchev–Trinajstić information content (AvgIpc) is 3.01. The van der Waals surface area contributed by atoms with Gasteiger partial charge >= 0.3 is 0 Å². The van der Waals surface area contributed by atoms with Crippen molar-refractivity contribution in [3.63, 3.8) is 0 Å². The summed E-state index contributed by atoms with van der Waals surface area (Å²) >= 11 is 0. The fourth-order valence-corrected chi connectivity index (χ4v) is 4.25. The summed E-state index contributed by atoms with van der Waals surface area (Å²) in [6.45, 7) is 1.35. The molecule has 1 fully saturated rings. The van der Waals surface area contributed by atoms with Gasteiger partial charge in [-0.1, -0.05) is 48.9 Å². The summed E-state index contributed by atoms with van der Waals surface area (Å²) in [6.07, 6.45) is 3.01. The van der Waals surface area contributed by atoms with Gasteiger partial charge in [-0.15, -0.1) is 0 Å². The molecule has 1 aliphatic heterocycles. The summed E-state index contributed by atoms with van der Waals surface area (Å²) in [7, 11) is 1.62. The number of carbonyl (C=O) groups is 2. The summed E-state index contributed by atoms with van der Waals surface area (Å²) in [4.78, 5) is 27.3. The summed E-state index contributed by atoms with van der Waals surface area (Å²) in [5.74, 6) is -0.0836. The Morgan fingerprint density at radius 2 is 1.77 bits per heavy atom. The van der Waals surface area contributed by atoms with Crippen molar-refractivity contribution in [2.24, 2.45) is 5.73 Å². The predicted octanol–water partition coefficient (Wildman–Crippen LogP) is 3.82. The molecule has 3 N–H and O–H groups in total. The minimum absolute atomic E-state index is 0.0363. The molecule has 1 atom stereocenters. The van der Waals surface area contributed by atoms with Crippen molar-refractivity contribution in [1.29, 1.82) is 0 Å². The third kappa shape index (κ3) is 3.94. The number of rotatable bonds is 3. The van der Waals surface area contributed by atoms with Crippen LogP contribution >= 0.6 is 0 Å². The number of nitrogens with zero attached hydrogens (tertiary/aromatic N) is 1. The van der Waals surface area contributed by atoms with Crippen molar-refractivity contribution in [2.45, 2.75) is 25.3 Å². The number of carbonyl (C=O) groups excluding carboxylic acids is 2. The first-order valence-electron chi connectivity index (χ1n) is 10.5. The molecule has 0 spiro atoms. The molecule has 0 saturated carbocycles. The Hall–Kier alpha value is -3.18. The van der Waals surface area contributed by atoms with E-state index in [2.05, 4.69) is 5.32 Å². The van der Waals surface area contributed by atoms with Gasteiger partial charge < -0.3 is 16.0 Å². The third-order valence-corrected chi connectivity index (χ3v) is 5.81. The van der Waals surface area contributed by atoms with Crippen LogP contribution in [-0.2, 0) is 0 Å². The largest absolute Gasteiger partial charge is 0.355 e. The van der Waals surface area contributed by atoms with E-state index < -0.39 is 0 Å². The number of hydrogen-bond acceptors (Lipinski definition) is 3. The van der Waals surface area contributed by atoms with E-state index in [1.807, 2.05) is 59.5 Å². The van der Waals surface area contributed by atoms with E-state index in [4.69, 9.17) is 5.73 Å². The van der Waals surface area contributed by atoms with E-state index in [9.17, 15) is 9.59 Å². The van der Waals surface area contributed by atoms with Gasteiger partial charge in [0.15, 0.2) is 0 Å². The van der Waals surface area contributed by atoms with Crippen LogP contribution in [0.15, 0.2) is 60.7 Å². The predicted molar refractivity (Wildman–Crippen MR) is 121 cm³/mol. The van der Waals surface area contributed by atoms with E-state index >= 15 is 0 Å². The lowest BCUT2D eigenvalue weighted by atomic mass is 9.94. The van der Waals surface area contributed by atoms with Crippen LogP contribution in [-0.4, -0.2) is 42.9 Å². The zero-order chi connectivity index (χ0) is 21.1. The molecule has 5 heteroatoms. The zero-order valence-electron chi connectivity index (χ0n) is 17.2. The highest BCUT2D eigenvalue weighted by atomic mass is 16.2. The Kier molecular flexibility index (Phi) is 5.81. The molecule has 2 amide bonds. The second kappa shape index (κ2) is 8.67. The average molecular weight is 402 g/mol. The van der Waals surface area contributed by atoms with Gasteiger partial charge in [0.1, 0.15) is 0 Å². The van der Waals surface area contributed by atoms with Gasteiger partial charge in [-0.05, 0) is 52.9 Å². The van der Waals surface area contributed by atoms with Gasteiger partial charge in [-0.2, -0.15) is 0 Å². The van der Waals surface area contributed by atoms with Gasteiger partial charge in [0, 0.05) is 37.3 Å². The van der Waals surface area contributed by atoms with Crippen molar-refractivity contribution in [2.75, 3.05) is 20.1 Å². The summed E-state index contributed by atoms with van der Waals surface area (Å²) in [6, 6.07) is 19.4. The van der Waals surface area contributed by atoms with Gasteiger partial charge in [0.2, 0.25) is 0 Å². The molecule has 154 valence electrons. The molecular weight excluding hydrogens is 374 g/mol. The standard InChI is InChI=1S/C25H27N3O2/c1-27-24(29)18-8-4-7-17(15-18)20-10-5-12-22-21(20)11-6-13-23(22)25(30)28-14-3-2-9-19(26)16-28/h4-8,10-13,15,19H,2-3,9,14,16,26H2,1H3,(H,27,29). The molecule has 0 radical (unpaired) electrons. The first-order chi connectivity index (χ1) is 14.6. The van der Waals surface area contributed by atoms with Crippen LogP contribution < -0.4 is 11.1 Å². The maximum absolute atomic E-state index is 13.4. The van der Waals surface area contributed by atoms with Crippen molar-refractivity contribution in [1.82, 2.24) is 10.2 Å². The molecule has 1 unspecified atom stereocenters. The van der Waals surface area contributed by atoms with Crippen LogP contribution in [0.1, 0.15) is 40.0 Å². The Bertz CT molecular complexity index is 1090. The van der Waals surface area contributed by atoms with Crippen LogP contribution in [0, 0.1) is 0 Å². The quantitative estimate of drug-likeness (QED) is 0.701. The minimum Gasteiger partial charge on any atom is -0.355 e. The molecule has 0 aromatic heterocycles. The molecular formula is C25H27N3O2. The number of benzene rings is 3. The fourth-order valence-electron chi connectivity index (χ4n) is 4.25. The Morgan fingerprint density at radius 1 is 1.00 bits per heavy atom. The van der Waals surface area contributed by atoms with E-state index in [-0.39, 0.29) is 17.9 Å². The zero-order valence-corrected chi connectivity index (χ0v) is 17.2. The first-order valence-corrected chi connectivity index (χ1v) is 10.5. The second-order valence-electron chi connectivity index (χ2n) is 7.87. The molecule has 1 heterocycles. The van der Waals surface area contributed by atoms with Gasteiger partial charge in [-0.25, -0.2) is 0 Å². The molecule has 0 bridgehead atoms. The highest BCUT2D eigenvalue weighted by molar-refractivity contribution is 6.10. The third-order valence-electron chi connectivity index (χ3n) is 5.81. The van der Waals surface area contributed by atoms with Crippen LogP contribution in [0.5, 0.6) is 0 Å². The number of hydrogen-bond donors (Lipinski definition) is 2. The summed E-state index contributed by atoms with van der Waals surface area (Å²) in [5, 5.41) is 4.58. The lowest BCUT2D eigenvalue weighted by Gasteiger charge is -2.23. The second-order valence-corrected chi connectivity index (χ2v) is 7.87. The Labute approximate surface area is 176 Å². The molecule has 3 aromatic rings. The first kappa shape index (κ1) is 20.1. The van der Waals surface area contributed by atoms with Crippen molar-refractivity contribution in [3.8, 4) is 11.1 Å². The van der Waals surface area contributed by atoms with E-state index in [1.165, 1.54) is 0 Å². The highest BCUT2D eigenvalue weighted by Gasteiger charge is 2.22. The maximum atomic E-state index is 13.4. The van der Waals surface area contributed by atoms with E-state index in [0.29, 0.717) is 17.7 Å². The molecule has 1 saturated heterocycles. The molecule has 5 nitrogen and oxygen atoms in total. The minimum atomic E-state index is -0.120. The number of nitrogens with two attached hydrogens (primary N) is 1. The van der Waals surface area contributed by atoms with Gasteiger partial charge in [0.05, 0.1) is 0 Å². The molecule has 30 heavy (non-hydrogen) atoms. The summed E-state index contributed by atoms with van der Waals surface area (Å²) in [5.41, 5.74) is 9.43. The fraction of sp³-hybridized carbons (Fsp3) is 0.280. The summed E-state index contributed by atoms with van der Waals surface area (Å²) < 4.78 is 0. The number of fused-ring (bicyclic) bond motifs is 1. The highest BCUT2D eigenvalue weighted by Crippen LogP contribution is 2.31. The van der Waals surface area contributed by atoms with Crippen LogP contribution in [0.4, 0.5) is 0 Å². The SMILES string of the molecule is CNC(=O)c1cccc(-c2cccc3c(C(=O)N4CCCCC(N)C4)cccc23)c1. The molecule has 1 aliphatic rings. The van der Waals surface area contributed by atoms with Gasteiger partial charge in [-0.3, -0.25) is 9.59 Å². The number of amides is 2. The number of nitrogens with one attached hydrogen (secondary N) is 1. The van der Waals surface area contributed by atoms with Crippen LogP contribution in [0.3, 0.4) is 0 Å². The monoisotopic (exact) mass is 401 g/mol. The van der Waals surface area contributed by atoms with Crippen molar-refractivity contribution < 1.29 is 9.59 Å². The molecule has 0 aliphatic carbocycles. The van der Waals surface area contributed by atoms with Crippen LogP contribution in [0.2, 0.25) is 0 Å². The molecule has 4 rings (SSSR count). The van der Waals surface area contributed by atoms with Gasteiger partial charge in [0.25, 0.3) is 11.8 Å². The lowest BCUT2D eigenvalue weighted by Crippen LogP contribution is -2.39. The van der Waals surface area contributed by atoms with Crippen molar-refractivity contribution in [3.05, 3.63) is 71.8 Å². The van der Waals surface area contributed by atoms with E-state index in [1.54, 1.807) is 13.1 Å². The van der Waals surface area contributed by atoms with E-state index in [0.717, 1.165) is 47.7 Å². The molecule has 3 aromatic carbocycles. The number of likely N-dealkylation sites (tertiary alicyclic amines) is 1. The lowest BCUT2D eigenvalue weighted by molar-refractivity contribution is 0.0757. The maximum Gasteiger partial charge on any atom is 0.254 e. The Morgan fingerprint density at radius 3 is 2.60 bits per heavy atom. The Balaban J connectivity index is 1.77. The van der Waals surface area contributed by atoms with Crippen molar-refractivity contribution >= 4 is 22.6 Å². The normalized spacial score (nSPS) is 16.9. The van der Waals surface area contributed by atoms with Crippen LogP contribution in [0.25, 0.3) is 21.9 Å².